The lowest BCUT2D eigenvalue weighted by molar-refractivity contribution is 0.296. The fourth-order valence-corrected chi connectivity index (χ4v) is 1.60. The second-order valence-electron chi connectivity index (χ2n) is 4.78. The van der Waals surface area contributed by atoms with Crippen molar-refractivity contribution in [3.8, 4) is 5.75 Å². The summed E-state index contributed by atoms with van der Waals surface area (Å²) in [6.07, 6.45) is 2.23. The monoisotopic (exact) mass is 234 g/mol. The van der Waals surface area contributed by atoms with Crippen LogP contribution in [0, 0.1) is 18.3 Å². The summed E-state index contributed by atoms with van der Waals surface area (Å²) in [5.74, 6) is 1.63. The van der Waals surface area contributed by atoms with Crippen molar-refractivity contribution in [1.29, 1.82) is 5.41 Å². The van der Waals surface area contributed by atoms with Gasteiger partial charge < -0.3 is 10.5 Å². The van der Waals surface area contributed by atoms with Crippen LogP contribution in [0.5, 0.6) is 5.75 Å². The van der Waals surface area contributed by atoms with Gasteiger partial charge in [-0.2, -0.15) is 0 Å². The zero-order chi connectivity index (χ0) is 12.8. The summed E-state index contributed by atoms with van der Waals surface area (Å²) < 4.78 is 5.73. The average molecular weight is 234 g/mol. The fourth-order valence-electron chi connectivity index (χ4n) is 1.60. The first-order valence-corrected chi connectivity index (χ1v) is 6.08. The third-order valence-electron chi connectivity index (χ3n) is 2.68. The van der Waals surface area contributed by atoms with E-state index in [2.05, 4.69) is 13.8 Å². The number of amidine groups is 1. The summed E-state index contributed by atoms with van der Waals surface area (Å²) in [7, 11) is 0. The Labute approximate surface area is 103 Å². The van der Waals surface area contributed by atoms with E-state index in [1.165, 1.54) is 6.42 Å². The molecule has 1 rings (SSSR count). The van der Waals surface area contributed by atoms with Crippen molar-refractivity contribution in [2.24, 2.45) is 11.7 Å². The first-order valence-electron chi connectivity index (χ1n) is 6.08. The highest BCUT2D eigenvalue weighted by Crippen LogP contribution is 2.20. The molecule has 0 amide bonds. The van der Waals surface area contributed by atoms with E-state index in [1.807, 2.05) is 25.1 Å². The Morgan fingerprint density at radius 2 is 2.12 bits per heavy atom. The zero-order valence-electron chi connectivity index (χ0n) is 10.9. The number of nitrogen functional groups attached to an aromatic ring is 1. The molecule has 17 heavy (non-hydrogen) atoms. The maximum atomic E-state index is 7.39. The van der Waals surface area contributed by atoms with Crippen LogP contribution < -0.4 is 10.5 Å². The Balaban J connectivity index is 2.57. The third-order valence-corrected chi connectivity index (χ3v) is 2.68. The van der Waals surface area contributed by atoms with Crippen LogP contribution in [-0.4, -0.2) is 12.4 Å². The maximum absolute atomic E-state index is 7.39. The molecule has 0 aromatic heterocycles. The van der Waals surface area contributed by atoms with Crippen LogP contribution in [0.3, 0.4) is 0 Å². The Morgan fingerprint density at radius 3 is 2.71 bits per heavy atom. The van der Waals surface area contributed by atoms with E-state index in [1.54, 1.807) is 0 Å². The van der Waals surface area contributed by atoms with Gasteiger partial charge in [0.15, 0.2) is 0 Å². The van der Waals surface area contributed by atoms with Crippen LogP contribution in [-0.2, 0) is 0 Å². The smallest absolute Gasteiger partial charge is 0.122 e. The maximum Gasteiger partial charge on any atom is 0.122 e. The first-order chi connectivity index (χ1) is 8.00. The SMILES string of the molecule is Cc1ccc(C(=N)N)cc1OCCCC(C)C. The third kappa shape index (κ3) is 4.47. The molecule has 0 spiro atoms. The van der Waals surface area contributed by atoms with Crippen LogP contribution in [0.1, 0.15) is 37.8 Å². The highest BCUT2D eigenvalue weighted by atomic mass is 16.5. The Bertz CT molecular complexity index is 386. The minimum atomic E-state index is 0.0806. The van der Waals surface area contributed by atoms with Crippen molar-refractivity contribution in [3.05, 3.63) is 29.3 Å². The van der Waals surface area contributed by atoms with Gasteiger partial charge in [0.1, 0.15) is 11.6 Å². The van der Waals surface area contributed by atoms with Gasteiger partial charge in [0.05, 0.1) is 6.61 Å². The van der Waals surface area contributed by atoms with Crippen LogP contribution >= 0.6 is 0 Å². The lowest BCUT2D eigenvalue weighted by atomic mass is 10.1. The summed E-state index contributed by atoms with van der Waals surface area (Å²) in [4.78, 5) is 0. The van der Waals surface area contributed by atoms with E-state index in [-0.39, 0.29) is 5.84 Å². The standard InChI is InChI=1S/C14H22N2O/c1-10(2)5-4-8-17-13-9-12(14(15)16)7-6-11(13)3/h6-7,9-10H,4-5,8H2,1-3H3,(H3,15,16). The second kappa shape index (κ2) is 6.28. The molecule has 0 fully saturated rings. The van der Waals surface area contributed by atoms with E-state index in [0.717, 1.165) is 29.9 Å². The Kier molecular flexibility index (Phi) is 5.01. The van der Waals surface area contributed by atoms with Crippen molar-refractivity contribution in [2.75, 3.05) is 6.61 Å². The number of nitrogens with one attached hydrogen (secondary N) is 1. The molecule has 0 bridgehead atoms. The number of ether oxygens (including phenoxy) is 1. The summed E-state index contributed by atoms with van der Waals surface area (Å²) in [5.41, 5.74) is 7.26. The molecule has 0 saturated carbocycles. The quantitative estimate of drug-likeness (QED) is 0.451. The largest absolute Gasteiger partial charge is 0.493 e. The molecule has 0 aliphatic rings. The number of nitrogens with two attached hydrogens (primary N) is 1. The molecule has 0 aliphatic heterocycles. The van der Waals surface area contributed by atoms with E-state index in [4.69, 9.17) is 15.9 Å². The van der Waals surface area contributed by atoms with Crippen molar-refractivity contribution in [1.82, 2.24) is 0 Å². The molecule has 0 radical (unpaired) electrons. The van der Waals surface area contributed by atoms with Crippen molar-refractivity contribution < 1.29 is 4.74 Å². The van der Waals surface area contributed by atoms with Crippen LogP contribution in [0.2, 0.25) is 0 Å². The minimum Gasteiger partial charge on any atom is -0.493 e. The molecule has 0 atom stereocenters. The summed E-state index contributed by atoms with van der Waals surface area (Å²) in [5, 5.41) is 7.39. The summed E-state index contributed by atoms with van der Waals surface area (Å²) in [6.45, 7) is 7.14. The molecule has 0 aliphatic carbocycles. The molecular formula is C14H22N2O. The normalized spacial score (nSPS) is 10.6. The first kappa shape index (κ1) is 13.6. The topological polar surface area (TPSA) is 59.1 Å². The minimum absolute atomic E-state index is 0.0806. The summed E-state index contributed by atoms with van der Waals surface area (Å²) in [6, 6.07) is 5.63. The average Bonchev–Trinajstić information content (AvgIpc) is 2.25. The van der Waals surface area contributed by atoms with Crippen molar-refractivity contribution in [2.45, 2.75) is 33.6 Å². The van der Waals surface area contributed by atoms with Gasteiger partial charge in [0.2, 0.25) is 0 Å². The molecule has 3 nitrogen and oxygen atoms in total. The molecule has 0 saturated heterocycles. The van der Waals surface area contributed by atoms with Crippen molar-refractivity contribution >= 4 is 5.84 Å². The highest BCUT2D eigenvalue weighted by molar-refractivity contribution is 5.95. The molecule has 1 aromatic carbocycles. The van der Waals surface area contributed by atoms with E-state index < -0.39 is 0 Å². The number of hydrogen-bond acceptors (Lipinski definition) is 2. The van der Waals surface area contributed by atoms with E-state index in [9.17, 15) is 0 Å². The molecule has 0 unspecified atom stereocenters. The zero-order valence-corrected chi connectivity index (χ0v) is 10.9. The van der Waals surface area contributed by atoms with Gasteiger partial charge >= 0.3 is 0 Å². The number of rotatable bonds is 6. The van der Waals surface area contributed by atoms with Gasteiger partial charge in [0.25, 0.3) is 0 Å². The molecule has 1 aromatic rings. The molecular weight excluding hydrogens is 212 g/mol. The number of aryl methyl sites for hydroxylation is 1. The Hall–Kier alpha value is -1.51. The molecule has 3 heteroatoms. The fraction of sp³-hybridized carbons (Fsp3) is 0.500. The van der Waals surface area contributed by atoms with E-state index in [0.29, 0.717) is 5.92 Å². The van der Waals surface area contributed by atoms with Gasteiger partial charge in [-0.25, -0.2) is 0 Å². The summed E-state index contributed by atoms with van der Waals surface area (Å²) >= 11 is 0. The molecule has 94 valence electrons. The van der Waals surface area contributed by atoms with Gasteiger partial charge in [-0.1, -0.05) is 26.0 Å². The van der Waals surface area contributed by atoms with Gasteiger partial charge in [0, 0.05) is 5.56 Å². The van der Waals surface area contributed by atoms with Crippen molar-refractivity contribution in [3.63, 3.8) is 0 Å². The van der Waals surface area contributed by atoms with Gasteiger partial charge in [-0.3, -0.25) is 5.41 Å². The number of benzene rings is 1. The van der Waals surface area contributed by atoms with Gasteiger partial charge in [-0.05, 0) is 37.3 Å². The van der Waals surface area contributed by atoms with Crippen LogP contribution in [0.4, 0.5) is 0 Å². The van der Waals surface area contributed by atoms with Gasteiger partial charge in [-0.15, -0.1) is 0 Å². The number of hydrogen-bond donors (Lipinski definition) is 2. The van der Waals surface area contributed by atoms with Crippen LogP contribution in [0.25, 0.3) is 0 Å². The van der Waals surface area contributed by atoms with Crippen LogP contribution in [0.15, 0.2) is 18.2 Å². The Morgan fingerprint density at radius 1 is 1.41 bits per heavy atom. The van der Waals surface area contributed by atoms with E-state index >= 15 is 0 Å². The predicted molar refractivity (Wildman–Crippen MR) is 71.8 cm³/mol. The lowest BCUT2D eigenvalue weighted by Crippen LogP contribution is -2.11. The highest BCUT2D eigenvalue weighted by Gasteiger charge is 2.04. The molecule has 3 N–H and O–H groups in total. The second-order valence-corrected chi connectivity index (χ2v) is 4.78. The lowest BCUT2D eigenvalue weighted by Gasteiger charge is -2.11. The predicted octanol–water partition coefficient (Wildman–Crippen LogP) is 3.09. The molecule has 0 heterocycles.